The molecule has 0 saturated carbocycles. The number of hydrogen-bond acceptors (Lipinski definition) is 2. The number of phenols is 1. The fourth-order valence-corrected chi connectivity index (χ4v) is 1.57. The highest BCUT2D eigenvalue weighted by molar-refractivity contribution is 5.49. The average molecular weight is 175 g/mol. The second kappa shape index (κ2) is 3.49. The maximum Gasteiger partial charge on any atom is 0.121 e. The fourth-order valence-electron chi connectivity index (χ4n) is 1.57. The molecule has 0 aliphatic heterocycles. The van der Waals surface area contributed by atoms with E-state index in [0.29, 0.717) is 12.2 Å². The van der Waals surface area contributed by atoms with Crippen molar-refractivity contribution < 1.29 is 5.11 Å². The van der Waals surface area contributed by atoms with Gasteiger partial charge in [0, 0.05) is 0 Å². The average Bonchev–Trinajstić information content (AvgIpc) is 2.09. The number of aromatic hydroxyl groups is 1. The van der Waals surface area contributed by atoms with Crippen LogP contribution in [0.15, 0.2) is 6.07 Å². The van der Waals surface area contributed by atoms with Crippen LogP contribution < -0.4 is 0 Å². The minimum atomic E-state index is 0.316. The summed E-state index contributed by atoms with van der Waals surface area (Å²) < 4.78 is 0. The molecular formula is C11H13NO. The molecule has 1 rings (SSSR count). The van der Waals surface area contributed by atoms with Gasteiger partial charge in [0.2, 0.25) is 0 Å². The minimum Gasteiger partial charge on any atom is -0.507 e. The smallest absolute Gasteiger partial charge is 0.121 e. The van der Waals surface area contributed by atoms with E-state index in [1.54, 1.807) is 0 Å². The van der Waals surface area contributed by atoms with Crippen molar-refractivity contribution in [2.45, 2.75) is 27.2 Å². The predicted molar refractivity (Wildman–Crippen MR) is 51.6 cm³/mol. The van der Waals surface area contributed by atoms with Crippen LogP contribution in [0.25, 0.3) is 0 Å². The molecule has 0 heterocycles. The number of aryl methyl sites for hydroxylation is 2. The Bertz CT molecular complexity index is 375. The molecule has 68 valence electrons. The summed E-state index contributed by atoms with van der Waals surface area (Å²) in [5, 5.41) is 18.2. The maximum atomic E-state index is 9.63. The van der Waals surface area contributed by atoms with Gasteiger partial charge in [-0.2, -0.15) is 5.26 Å². The molecule has 1 N–H and O–H groups in total. The monoisotopic (exact) mass is 175 g/mol. The first-order chi connectivity index (χ1) is 6.07. The van der Waals surface area contributed by atoms with Crippen molar-refractivity contribution in [1.82, 2.24) is 0 Å². The predicted octanol–water partition coefficient (Wildman–Crippen LogP) is 2.38. The highest BCUT2D eigenvalue weighted by Crippen LogP contribution is 2.27. The van der Waals surface area contributed by atoms with Gasteiger partial charge in [-0.15, -0.1) is 0 Å². The van der Waals surface area contributed by atoms with Crippen molar-refractivity contribution in [2.75, 3.05) is 0 Å². The van der Waals surface area contributed by atoms with Gasteiger partial charge >= 0.3 is 0 Å². The van der Waals surface area contributed by atoms with Crippen LogP contribution >= 0.6 is 0 Å². The van der Waals surface area contributed by atoms with Gasteiger partial charge in [0.1, 0.15) is 5.75 Å². The first-order valence-corrected chi connectivity index (χ1v) is 4.23. The van der Waals surface area contributed by atoms with Gasteiger partial charge in [0.05, 0.1) is 12.5 Å². The SMILES string of the molecule is Cc1cc(C)c(CC#N)c(C)c1O. The third kappa shape index (κ3) is 1.65. The van der Waals surface area contributed by atoms with E-state index < -0.39 is 0 Å². The Morgan fingerprint density at radius 1 is 1.31 bits per heavy atom. The summed E-state index contributed by atoms with van der Waals surface area (Å²) >= 11 is 0. The first-order valence-electron chi connectivity index (χ1n) is 4.23. The number of phenolic OH excluding ortho intramolecular Hbond substituents is 1. The number of hydrogen-bond donors (Lipinski definition) is 1. The lowest BCUT2D eigenvalue weighted by Gasteiger charge is -2.10. The Hall–Kier alpha value is -1.49. The molecule has 0 aliphatic carbocycles. The summed E-state index contributed by atoms with van der Waals surface area (Å²) in [6.07, 6.45) is 0.367. The van der Waals surface area contributed by atoms with E-state index >= 15 is 0 Å². The van der Waals surface area contributed by atoms with E-state index in [4.69, 9.17) is 5.26 Å². The number of rotatable bonds is 1. The standard InChI is InChI=1S/C11H13NO/c1-7-6-8(2)11(13)9(3)10(7)4-5-12/h6,13H,4H2,1-3H3. The van der Waals surface area contributed by atoms with Crippen LogP contribution in [0.5, 0.6) is 5.75 Å². The van der Waals surface area contributed by atoms with Gasteiger partial charge in [-0.05, 0) is 43.0 Å². The molecule has 13 heavy (non-hydrogen) atoms. The molecule has 0 fully saturated rings. The van der Waals surface area contributed by atoms with Gasteiger partial charge in [-0.25, -0.2) is 0 Å². The van der Waals surface area contributed by atoms with Crippen molar-refractivity contribution in [3.05, 3.63) is 28.3 Å². The minimum absolute atomic E-state index is 0.316. The summed E-state index contributed by atoms with van der Waals surface area (Å²) in [6.45, 7) is 5.68. The summed E-state index contributed by atoms with van der Waals surface area (Å²) in [6, 6.07) is 4.01. The van der Waals surface area contributed by atoms with Crippen molar-refractivity contribution in [2.24, 2.45) is 0 Å². The molecule has 2 heteroatoms. The van der Waals surface area contributed by atoms with Crippen LogP contribution in [0.3, 0.4) is 0 Å². The molecule has 0 atom stereocenters. The van der Waals surface area contributed by atoms with E-state index in [2.05, 4.69) is 6.07 Å². The second-order valence-corrected chi connectivity index (χ2v) is 3.30. The van der Waals surface area contributed by atoms with E-state index in [1.165, 1.54) is 0 Å². The second-order valence-electron chi connectivity index (χ2n) is 3.30. The number of nitriles is 1. The van der Waals surface area contributed by atoms with Crippen molar-refractivity contribution in [3.8, 4) is 11.8 Å². The normalized spacial score (nSPS) is 9.69. The lowest BCUT2D eigenvalue weighted by atomic mass is 9.97. The van der Waals surface area contributed by atoms with Gasteiger partial charge in [0.25, 0.3) is 0 Å². The lowest BCUT2D eigenvalue weighted by molar-refractivity contribution is 0.466. The molecule has 0 spiro atoms. The van der Waals surface area contributed by atoms with Crippen molar-refractivity contribution >= 4 is 0 Å². The highest BCUT2D eigenvalue weighted by Gasteiger charge is 2.08. The molecule has 2 nitrogen and oxygen atoms in total. The Kier molecular flexibility index (Phi) is 2.57. The molecule has 0 aromatic heterocycles. The summed E-state index contributed by atoms with van der Waals surface area (Å²) in [4.78, 5) is 0. The van der Waals surface area contributed by atoms with E-state index in [0.717, 1.165) is 22.3 Å². The van der Waals surface area contributed by atoms with Crippen LogP contribution in [-0.4, -0.2) is 5.11 Å². The van der Waals surface area contributed by atoms with Gasteiger partial charge in [-0.1, -0.05) is 6.07 Å². The quantitative estimate of drug-likeness (QED) is 0.712. The van der Waals surface area contributed by atoms with E-state index in [9.17, 15) is 5.11 Å². The summed E-state index contributed by atoms with van der Waals surface area (Å²) in [7, 11) is 0. The Morgan fingerprint density at radius 2 is 1.92 bits per heavy atom. The van der Waals surface area contributed by atoms with Crippen molar-refractivity contribution in [1.29, 1.82) is 5.26 Å². The zero-order valence-electron chi connectivity index (χ0n) is 8.18. The zero-order valence-corrected chi connectivity index (χ0v) is 8.18. The molecule has 0 aliphatic rings. The third-order valence-corrected chi connectivity index (χ3v) is 2.35. The van der Waals surface area contributed by atoms with E-state index in [-0.39, 0.29) is 0 Å². The third-order valence-electron chi connectivity index (χ3n) is 2.35. The van der Waals surface area contributed by atoms with Crippen LogP contribution in [0, 0.1) is 32.1 Å². The molecule has 1 aromatic rings. The molecule has 1 aromatic carbocycles. The van der Waals surface area contributed by atoms with Gasteiger partial charge in [-0.3, -0.25) is 0 Å². The molecular weight excluding hydrogens is 162 g/mol. The maximum absolute atomic E-state index is 9.63. The first kappa shape index (κ1) is 9.60. The summed E-state index contributed by atoms with van der Waals surface area (Å²) in [5.41, 5.74) is 3.73. The molecule has 0 saturated heterocycles. The molecule has 0 bridgehead atoms. The fraction of sp³-hybridized carbons (Fsp3) is 0.364. The van der Waals surface area contributed by atoms with Gasteiger partial charge in [0.15, 0.2) is 0 Å². The molecule has 0 amide bonds. The van der Waals surface area contributed by atoms with Crippen molar-refractivity contribution in [3.63, 3.8) is 0 Å². The molecule has 0 radical (unpaired) electrons. The largest absolute Gasteiger partial charge is 0.507 e. The van der Waals surface area contributed by atoms with Crippen LogP contribution in [-0.2, 0) is 6.42 Å². The number of nitrogens with zero attached hydrogens (tertiary/aromatic N) is 1. The topological polar surface area (TPSA) is 44.0 Å². The van der Waals surface area contributed by atoms with Crippen LogP contribution in [0.2, 0.25) is 0 Å². The van der Waals surface area contributed by atoms with Crippen LogP contribution in [0.1, 0.15) is 22.3 Å². The van der Waals surface area contributed by atoms with Gasteiger partial charge < -0.3 is 5.11 Å². The summed E-state index contributed by atoms with van der Waals surface area (Å²) in [5.74, 6) is 0.316. The van der Waals surface area contributed by atoms with E-state index in [1.807, 2.05) is 26.8 Å². The Labute approximate surface area is 78.4 Å². The molecule has 0 unspecified atom stereocenters. The van der Waals surface area contributed by atoms with Crippen LogP contribution in [0.4, 0.5) is 0 Å². The lowest BCUT2D eigenvalue weighted by Crippen LogP contribution is -1.94. The Morgan fingerprint density at radius 3 is 2.46 bits per heavy atom. The zero-order chi connectivity index (χ0) is 10.0. The Balaban J connectivity index is 3.36. The number of benzene rings is 1. The highest BCUT2D eigenvalue weighted by atomic mass is 16.3.